The predicted molar refractivity (Wildman–Crippen MR) is 57.7 cm³/mol. The average Bonchev–Trinajstić information content (AvgIpc) is 3.04. The number of hydrogen-bond acceptors (Lipinski definition) is 3. The molecule has 1 heterocycles. The molecule has 4 heteroatoms. The molecule has 15 heavy (non-hydrogen) atoms. The Morgan fingerprint density at radius 3 is 2.60 bits per heavy atom. The standard InChI is InChI=1S/C11H19O3Si/c1-12-11(15,13-2)6-5-8-3-4-9-10(7-8)14-9/h8-10H,3-7H2,1-2H3. The van der Waals surface area contributed by atoms with Crippen molar-refractivity contribution in [3.63, 3.8) is 0 Å². The molecule has 3 unspecified atom stereocenters. The maximum atomic E-state index is 5.52. The van der Waals surface area contributed by atoms with Gasteiger partial charge >= 0.3 is 0 Å². The minimum absolute atomic E-state index is 0.568. The van der Waals surface area contributed by atoms with E-state index in [4.69, 9.17) is 14.2 Å². The van der Waals surface area contributed by atoms with Gasteiger partial charge in [-0.3, -0.25) is 0 Å². The quantitative estimate of drug-likeness (QED) is 0.405. The molecule has 1 aliphatic heterocycles. The van der Waals surface area contributed by atoms with Crippen molar-refractivity contribution in [3.8, 4) is 0 Å². The molecule has 1 saturated carbocycles. The van der Waals surface area contributed by atoms with E-state index in [0.717, 1.165) is 18.8 Å². The van der Waals surface area contributed by atoms with E-state index >= 15 is 0 Å². The van der Waals surface area contributed by atoms with Crippen LogP contribution in [0, 0.1) is 5.92 Å². The Morgan fingerprint density at radius 1 is 1.27 bits per heavy atom. The minimum Gasteiger partial charge on any atom is -0.370 e. The van der Waals surface area contributed by atoms with Crippen molar-refractivity contribution < 1.29 is 14.2 Å². The van der Waals surface area contributed by atoms with Crippen molar-refractivity contribution in [2.45, 2.75) is 49.7 Å². The molecule has 3 radical (unpaired) electrons. The molecule has 2 rings (SSSR count). The molecule has 3 nitrogen and oxygen atoms in total. The lowest BCUT2D eigenvalue weighted by atomic mass is 9.86. The number of ether oxygens (including phenoxy) is 3. The summed E-state index contributed by atoms with van der Waals surface area (Å²) < 4.78 is 16.1. The average molecular weight is 227 g/mol. The Balaban J connectivity index is 1.72. The molecular weight excluding hydrogens is 208 g/mol. The fourth-order valence-corrected chi connectivity index (χ4v) is 2.57. The minimum atomic E-state index is -0.596. The first-order valence-corrected chi connectivity index (χ1v) is 6.17. The number of fused-ring (bicyclic) bond motifs is 1. The van der Waals surface area contributed by atoms with Crippen LogP contribution < -0.4 is 0 Å². The van der Waals surface area contributed by atoms with E-state index < -0.39 is 5.41 Å². The lowest BCUT2D eigenvalue weighted by Crippen LogP contribution is -2.35. The maximum absolute atomic E-state index is 5.52. The van der Waals surface area contributed by atoms with Gasteiger partial charge in [0.05, 0.1) is 12.2 Å². The first kappa shape index (κ1) is 11.6. The van der Waals surface area contributed by atoms with Gasteiger partial charge in [-0.05, 0) is 38.0 Å². The summed E-state index contributed by atoms with van der Waals surface area (Å²) in [5.74, 6) is 0.773. The topological polar surface area (TPSA) is 31.0 Å². The second-order valence-corrected chi connectivity index (χ2v) is 5.35. The van der Waals surface area contributed by atoms with E-state index in [1.807, 2.05) is 0 Å². The van der Waals surface area contributed by atoms with Crippen LogP contribution in [0.25, 0.3) is 0 Å². The van der Waals surface area contributed by atoms with Crippen LogP contribution in [-0.4, -0.2) is 42.1 Å². The lowest BCUT2D eigenvalue weighted by Gasteiger charge is -2.29. The second kappa shape index (κ2) is 4.53. The van der Waals surface area contributed by atoms with Crippen LogP contribution in [0.2, 0.25) is 0 Å². The van der Waals surface area contributed by atoms with Crippen LogP contribution in [0.1, 0.15) is 32.1 Å². The molecule has 0 amide bonds. The van der Waals surface area contributed by atoms with Gasteiger partial charge in [0.2, 0.25) is 0 Å². The number of rotatable bonds is 5. The SMILES string of the molecule is COC([Si])(CCC1CCC2OC2C1)OC. The molecule has 0 spiro atoms. The first-order chi connectivity index (χ1) is 7.17. The summed E-state index contributed by atoms with van der Waals surface area (Å²) in [6, 6.07) is 0. The summed E-state index contributed by atoms with van der Waals surface area (Å²) in [7, 11) is 6.84. The Hall–Kier alpha value is 0.0969. The smallest absolute Gasteiger partial charge is 0.143 e. The van der Waals surface area contributed by atoms with E-state index in [1.165, 1.54) is 19.3 Å². The van der Waals surface area contributed by atoms with Crippen molar-refractivity contribution in [3.05, 3.63) is 0 Å². The predicted octanol–water partition coefficient (Wildman–Crippen LogP) is 1.45. The molecule has 2 fully saturated rings. The summed E-state index contributed by atoms with van der Waals surface area (Å²) in [6.07, 6.45) is 6.94. The van der Waals surface area contributed by atoms with Crippen LogP contribution in [0.3, 0.4) is 0 Å². The van der Waals surface area contributed by atoms with Crippen molar-refractivity contribution in [2.24, 2.45) is 5.92 Å². The van der Waals surface area contributed by atoms with Crippen molar-refractivity contribution in [1.29, 1.82) is 0 Å². The number of hydrogen-bond donors (Lipinski definition) is 0. The second-order valence-electron chi connectivity index (χ2n) is 4.59. The zero-order valence-electron chi connectivity index (χ0n) is 9.49. The third-order valence-electron chi connectivity index (χ3n) is 3.65. The highest BCUT2D eigenvalue weighted by Crippen LogP contribution is 2.41. The lowest BCUT2D eigenvalue weighted by molar-refractivity contribution is -0.148. The van der Waals surface area contributed by atoms with Crippen LogP contribution in [0.5, 0.6) is 0 Å². The molecule has 85 valence electrons. The Labute approximate surface area is 94.9 Å². The number of epoxide rings is 1. The van der Waals surface area contributed by atoms with Crippen LogP contribution >= 0.6 is 0 Å². The van der Waals surface area contributed by atoms with E-state index in [1.54, 1.807) is 14.2 Å². The van der Waals surface area contributed by atoms with Crippen LogP contribution in [0.4, 0.5) is 0 Å². The number of methoxy groups -OCH3 is 2. The first-order valence-electron chi connectivity index (χ1n) is 5.67. The summed E-state index contributed by atoms with van der Waals surface area (Å²) in [4.78, 5) is 0. The summed E-state index contributed by atoms with van der Waals surface area (Å²) in [5.41, 5.74) is -0.596. The van der Waals surface area contributed by atoms with Gasteiger partial charge in [0.25, 0.3) is 0 Å². The van der Waals surface area contributed by atoms with Gasteiger partial charge in [0, 0.05) is 14.2 Å². The molecular formula is C11H19O3Si. The molecule has 2 aliphatic rings. The van der Waals surface area contributed by atoms with Gasteiger partial charge in [-0.15, -0.1) is 0 Å². The fraction of sp³-hybridized carbons (Fsp3) is 1.00. The highest BCUT2D eigenvalue weighted by molar-refractivity contribution is 6.13. The van der Waals surface area contributed by atoms with Crippen molar-refractivity contribution in [1.82, 2.24) is 0 Å². The molecule has 0 bridgehead atoms. The van der Waals surface area contributed by atoms with E-state index in [0.29, 0.717) is 12.2 Å². The van der Waals surface area contributed by atoms with Gasteiger partial charge in [-0.25, -0.2) is 0 Å². The fourth-order valence-electron chi connectivity index (χ4n) is 2.43. The van der Waals surface area contributed by atoms with Gasteiger partial charge in [0.1, 0.15) is 15.7 Å². The monoisotopic (exact) mass is 227 g/mol. The maximum Gasteiger partial charge on any atom is 0.143 e. The van der Waals surface area contributed by atoms with Crippen LogP contribution in [-0.2, 0) is 14.2 Å². The van der Waals surface area contributed by atoms with E-state index in [9.17, 15) is 0 Å². The zero-order valence-corrected chi connectivity index (χ0v) is 10.5. The summed E-state index contributed by atoms with van der Waals surface area (Å²) >= 11 is 0. The summed E-state index contributed by atoms with van der Waals surface area (Å²) in [6.45, 7) is 0. The molecule has 3 atom stereocenters. The van der Waals surface area contributed by atoms with Crippen molar-refractivity contribution in [2.75, 3.05) is 14.2 Å². The highest BCUT2D eigenvalue weighted by Gasteiger charge is 2.43. The third-order valence-corrected chi connectivity index (χ3v) is 4.31. The van der Waals surface area contributed by atoms with Gasteiger partial charge in [0.15, 0.2) is 0 Å². The summed E-state index contributed by atoms with van der Waals surface area (Å²) in [5, 5.41) is 0. The van der Waals surface area contributed by atoms with E-state index in [2.05, 4.69) is 10.2 Å². The molecule has 1 saturated heterocycles. The zero-order chi connectivity index (χ0) is 10.9. The third kappa shape index (κ3) is 2.81. The largest absolute Gasteiger partial charge is 0.370 e. The highest BCUT2D eigenvalue weighted by atomic mass is 28.1. The Kier molecular flexibility index (Phi) is 3.50. The van der Waals surface area contributed by atoms with Crippen LogP contribution in [0.15, 0.2) is 0 Å². The van der Waals surface area contributed by atoms with E-state index in [-0.39, 0.29) is 0 Å². The molecule has 1 aliphatic carbocycles. The Morgan fingerprint density at radius 2 is 2.00 bits per heavy atom. The Bertz CT molecular complexity index is 218. The van der Waals surface area contributed by atoms with Gasteiger partial charge in [-0.2, -0.15) is 0 Å². The molecule has 0 aromatic carbocycles. The molecule has 0 aromatic rings. The molecule has 0 N–H and O–H groups in total. The van der Waals surface area contributed by atoms with Crippen molar-refractivity contribution >= 4 is 10.2 Å². The normalized spacial score (nSPS) is 35.0. The van der Waals surface area contributed by atoms with Gasteiger partial charge < -0.3 is 14.2 Å². The van der Waals surface area contributed by atoms with Gasteiger partial charge in [-0.1, -0.05) is 0 Å². The molecule has 0 aromatic heterocycles.